The van der Waals surface area contributed by atoms with Gasteiger partial charge < -0.3 is 25.6 Å². The van der Waals surface area contributed by atoms with E-state index in [2.05, 4.69) is 26.0 Å². The Morgan fingerprint density at radius 2 is 2.09 bits per heavy atom. The minimum absolute atomic E-state index is 0.132. The van der Waals surface area contributed by atoms with Gasteiger partial charge in [-0.3, -0.25) is 9.59 Å². The highest BCUT2D eigenvalue weighted by Crippen LogP contribution is 2.44. The summed E-state index contributed by atoms with van der Waals surface area (Å²) in [4.78, 5) is 30.4. The number of anilines is 3. The lowest BCUT2D eigenvalue weighted by Gasteiger charge is -2.36. The van der Waals surface area contributed by atoms with Crippen LogP contribution in [0.2, 0.25) is 0 Å². The summed E-state index contributed by atoms with van der Waals surface area (Å²) in [5.41, 5.74) is 0.293. The summed E-state index contributed by atoms with van der Waals surface area (Å²) in [5.74, 6) is -2.27. The molecule has 2 aliphatic carbocycles. The standard InChI is InChI=1S/C23H27F2N7O3/c1-26-19-9-18(29-17-6-3-7-31(22(17)35)14-10-23(24,25)11-14)30-20-16(12-27-32(19)20)21(34)28-13-4-2-5-15(33)8-13/h3,6-7,9,12-15,26,33H,2,4-5,8,10-11H2,1H3,(H,28,34)(H,29,30)/t13?,15-/m1/s1. The summed E-state index contributed by atoms with van der Waals surface area (Å²) in [5, 5.41) is 23.1. The first-order valence-electron chi connectivity index (χ1n) is 11.7. The van der Waals surface area contributed by atoms with Crippen LogP contribution in [-0.4, -0.2) is 55.3 Å². The summed E-state index contributed by atoms with van der Waals surface area (Å²) in [6.07, 6.45) is 4.63. The van der Waals surface area contributed by atoms with Crippen LogP contribution in [0.1, 0.15) is 54.9 Å². The van der Waals surface area contributed by atoms with Gasteiger partial charge in [-0.2, -0.15) is 9.61 Å². The van der Waals surface area contributed by atoms with Crippen LogP contribution < -0.4 is 21.5 Å². The number of nitrogens with one attached hydrogen (secondary N) is 3. The first kappa shape index (κ1) is 23.2. The lowest BCUT2D eigenvalue weighted by Crippen LogP contribution is -2.41. The van der Waals surface area contributed by atoms with Crippen molar-refractivity contribution in [2.75, 3.05) is 17.7 Å². The quantitative estimate of drug-likeness (QED) is 0.421. The van der Waals surface area contributed by atoms with Gasteiger partial charge in [0.2, 0.25) is 0 Å². The van der Waals surface area contributed by atoms with Gasteiger partial charge in [0.25, 0.3) is 17.4 Å². The number of aliphatic hydroxyl groups is 1. The second-order valence-electron chi connectivity index (χ2n) is 9.24. The van der Waals surface area contributed by atoms with Gasteiger partial charge in [-0.05, 0) is 37.8 Å². The van der Waals surface area contributed by atoms with E-state index in [-0.39, 0.29) is 41.7 Å². The van der Waals surface area contributed by atoms with Crippen molar-refractivity contribution < 1.29 is 18.7 Å². The molecular formula is C23H27F2N7O3. The molecule has 0 saturated heterocycles. The molecule has 35 heavy (non-hydrogen) atoms. The van der Waals surface area contributed by atoms with Crippen LogP contribution >= 0.6 is 0 Å². The van der Waals surface area contributed by atoms with Crippen LogP contribution in [0, 0.1) is 0 Å². The number of carbonyl (C=O) groups excluding carboxylic acids is 1. The van der Waals surface area contributed by atoms with Crippen molar-refractivity contribution in [3.8, 4) is 0 Å². The van der Waals surface area contributed by atoms with Crippen LogP contribution in [0.15, 0.2) is 35.4 Å². The smallest absolute Gasteiger partial charge is 0.274 e. The molecule has 12 heteroatoms. The molecule has 2 atom stereocenters. The summed E-state index contributed by atoms with van der Waals surface area (Å²) in [6, 6.07) is 4.12. The Balaban J connectivity index is 1.43. The van der Waals surface area contributed by atoms with Gasteiger partial charge >= 0.3 is 0 Å². The van der Waals surface area contributed by atoms with E-state index < -0.39 is 23.6 Å². The Bertz CT molecular complexity index is 1310. The minimum Gasteiger partial charge on any atom is -0.393 e. The minimum atomic E-state index is -2.74. The molecule has 10 nitrogen and oxygen atoms in total. The number of amides is 1. The van der Waals surface area contributed by atoms with Gasteiger partial charge in [0.1, 0.15) is 22.9 Å². The van der Waals surface area contributed by atoms with Crippen molar-refractivity contribution in [3.05, 3.63) is 46.5 Å². The average molecular weight is 488 g/mol. The maximum Gasteiger partial charge on any atom is 0.274 e. The van der Waals surface area contributed by atoms with Gasteiger partial charge in [-0.15, -0.1) is 0 Å². The molecule has 3 aromatic rings. The van der Waals surface area contributed by atoms with Crippen molar-refractivity contribution in [3.63, 3.8) is 0 Å². The Kier molecular flexibility index (Phi) is 5.91. The monoisotopic (exact) mass is 487 g/mol. The van der Waals surface area contributed by atoms with Crippen LogP contribution in [0.4, 0.5) is 26.1 Å². The van der Waals surface area contributed by atoms with E-state index in [1.54, 1.807) is 25.2 Å². The molecule has 3 aromatic heterocycles. The predicted molar refractivity (Wildman–Crippen MR) is 125 cm³/mol. The topological polar surface area (TPSA) is 126 Å². The number of halogens is 2. The summed E-state index contributed by atoms with van der Waals surface area (Å²) >= 11 is 0. The van der Waals surface area contributed by atoms with E-state index in [4.69, 9.17) is 0 Å². The molecule has 0 spiro atoms. The zero-order valence-corrected chi connectivity index (χ0v) is 19.2. The van der Waals surface area contributed by atoms with Gasteiger partial charge in [0.15, 0.2) is 5.65 Å². The summed E-state index contributed by atoms with van der Waals surface area (Å²) < 4.78 is 29.4. The molecule has 2 fully saturated rings. The molecule has 0 aromatic carbocycles. The van der Waals surface area contributed by atoms with Gasteiger partial charge in [-0.1, -0.05) is 0 Å². The first-order valence-corrected chi connectivity index (χ1v) is 11.7. The molecule has 0 bridgehead atoms. The molecule has 186 valence electrons. The lowest BCUT2D eigenvalue weighted by molar-refractivity contribution is -0.104. The number of hydrogen-bond donors (Lipinski definition) is 4. The maximum atomic E-state index is 13.3. The predicted octanol–water partition coefficient (Wildman–Crippen LogP) is 2.68. The lowest BCUT2D eigenvalue weighted by atomic mass is 9.88. The third kappa shape index (κ3) is 4.57. The van der Waals surface area contributed by atoms with E-state index in [0.29, 0.717) is 18.1 Å². The number of carbonyl (C=O) groups is 1. The highest BCUT2D eigenvalue weighted by molar-refractivity contribution is 6.00. The normalized spacial score (nSPS) is 21.9. The molecule has 4 N–H and O–H groups in total. The zero-order chi connectivity index (χ0) is 24.7. The SMILES string of the molecule is CNc1cc(Nc2cccn(C3CC(F)(F)C3)c2=O)nc2c(C(=O)NC3CCC[C@@H](O)C3)cnn12. The van der Waals surface area contributed by atoms with Crippen LogP contribution in [0.3, 0.4) is 0 Å². The first-order chi connectivity index (χ1) is 16.7. The number of hydrogen-bond acceptors (Lipinski definition) is 7. The number of aromatic nitrogens is 4. The van der Waals surface area contributed by atoms with E-state index in [1.807, 2.05) is 0 Å². The van der Waals surface area contributed by atoms with E-state index >= 15 is 0 Å². The fourth-order valence-electron chi connectivity index (χ4n) is 4.78. The molecule has 2 saturated carbocycles. The third-order valence-electron chi connectivity index (χ3n) is 6.65. The third-order valence-corrected chi connectivity index (χ3v) is 6.65. The highest BCUT2D eigenvalue weighted by atomic mass is 19.3. The van der Waals surface area contributed by atoms with E-state index in [1.165, 1.54) is 21.5 Å². The van der Waals surface area contributed by atoms with Crippen molar-refractivity contribution in [2.24, 2.45) is 0 Å². The van der Waals surface area contributed by atoms with Crippen molar-refractivity contribution in [2.45, 2.75) is 62.6 Å². The van der Waals surface area contributed by atoms with Crippen molar-refractivity contribution in [1.82, 2.24) is 24.5 Å². The molecule has 0 radical (unpaired) electrons. The number of nitrogens with zero attached hydrogens (tertiary/aromatic N) is 4. The van der Waals surface area contributed by atoms with Crippen molar-refractivity contribution in [1.29, 1.82) is 0 Å². The second kappa shape index (κ2) is 8.91. The largest absolute Gasteiger partial charge is 0.393 e. The van der Waals surface area contributed by atoms with Gasteiger partial charge in [-0.25, -0.2) is 13.8 Å². The molecule has 0 aliphatic heterocycles. The molecule has 3 heterocycles. The Labute approximate surface area is 199 Å². The zero-order valence-electron chi connectivity index (χ0n) is 19.2. The molecule has 5 rings (SSSR count). The average Bonchev–Trinajstić information content (AvgIpc) is 3.22. The number of rotatable bonds is 6. The van der Waals surface area contributed by atoms with Crippen molar-refractivity contribution >= 4 is 28.9 Å². The summed E-state index contributed by atoms with van der Waals surface area (Å²) in [7, 11) is 1.69. The number of aliphatic hydroxyl groups excluding tert-OH is 1. The maximum absolute atomic E-state index is 13.3. The van der Waals surface area contributed by atoms with Crippen LogP contribution in [0.5, 0.6) is 0 Å². The molecular weight excluding hydrogens is 460 g/mol. The van der Waals surface area contributed by atoms with Crippen LogP contribution in [0.25, 0.3) is 5.65 Å². The molecule has 1 amide bonds. The Morgan fingerprint density at radius 3 is 2.80 bits per heavy atom. The second-order valence-corrected chi connectivity index (χ2v) is 9.24. The van der Waals surface area contributed by atoms with E-state index in [9.17, 15) is 23.5 Å². The summed E-state index contributed by atoms with van der Waals surface area (Å²) in [6.45, 7) is 0. The van der Waals surface area contributed by atoms with Gasteiger partial charge in [0, 0.05) is 44.2 Å². The Hall–Kier alpha value is -3.54. The Morgan fingerprint density at radius 1 is 1.29 bits per heavy atom. The number of fused-ring (bicyclic) bond motifs is 1. The fraction of sp³-hybridized carbons (Fsp3) is 0.478. The van der Waals surface area contributed by atoms with Gasteiger partial charge in [0.05, 0.1) is 12.3 Å². The van der Waals surface area contributed by atoms with E-state index in [0.717, 1.165) is 19.3 Å². The number of alkyl halides is 2. The number of pyridine rings is 1. The fourth-order valence-corrected chi connectivity index (χ4v) is 4.78. The van der Waals surface area contributed by atoms with Crippen LogP contribution in [-0.2, 0) is 0 Å². The molecule has 2 aliphatic rings. The molecule has 1 unspecified atom stereocenters. The highest BCUT2D eigenvalue weighted by Gasteiger charge is 2.46.